The predicted octanol–water partition coefficient (Wildman–Crippen LogP) is 5.28. The van der Waals surface area contributed by atoms with Gasteiger partial charge in [0.15, 0.2) is 16.8 Å². The van der Waals surface area contributed by atoms with Crippen LogP contribution in [0.25, 0.3) is 5.69 Å². The molecule has 2 heterocycles. The zero-order chi connectivity index (χ0) is 24.8. The molecular formula is C26H30FN5O2S. The molecule has 0 bridgehead atoms. The maximum atomic E-state index is 13.6. The van der Waals surface area contributed by atoms with E-state index >= 15 is 0 Å². The summed E-state index contributed by atoms with van der Waals surface area (Å²) in [4.78, 5) is 26.8. The first-order valence-corrected chi connectivity index (χ1v) is 13.0. The molecule has 0 saturated carbocycles. The Kier molecular flexibility index (Phi) is 8.30. The van der Waals surface area contributed by atoms with Crippen molar-refractivity contribution in [3.63, 3.8) is 0 Å². The number of rotatable bonds is 9. The number of amides is 1. The number of piperidine rings is 1. The second kappa shape index (κ2) is 11.6. The van der Waals surface area contributed by atoms with E-state index in [0.717, 1.165) is 37.4 Å². The lowest BCUT2D eigenvalue weighted by Crippen LogP contribution is -2.33. The van der Waals surface area contributed by atoms with Crippen molar-refractivity contribution in [1.82, 2.24) is 19.7 Å². The Bertz CT molecular complexity index is 1160. The zero-order valence-electron chi connectivity index (χ0n) is 20.0. The van der Waals surface area contributed by atoms with Crippen molar-refractivity contribution in [3.8, 4) is 5.69 Å². The number of ketones is 1. The van der Waals surface area contributed by atoms with Gasteiger partial charge >= 0.3 is 0 Å². The van der Waals surface area contributed by atoms with Crippen LogP contribution in [0.1, 0.15) is 61.8 Å². The molecular weight excluding hydrogens is 465 g/mol. The van der Waals surface area contributed by atoms with Gasteiger partial charge in [0, 0.05) is 23.4 Å². The van der Waals surface area contributed by atoms with Crippen molar-refractivity contribution >= 4 is 29.1 Å². The highest BCUT2D eigenvalue weighted by Crippen LogP contribution is 2.30. The van der Waals surface area contributed by atoms with Crippen molar-refractivity contribution < 1.29 is 14.0 Å². The van der Waals surface area contributed by atoms with Gasteiger partial charge < -0.3 is 5.32 Å². The number of benzene rings is 2. The van der Waals surface area contributed by atoms with E-state index in [-0.39, 0.29) is 29.3 Å². The summed E-state index contributed by atoms with van der Waals surface area (Å²) in [6, 6.07) is 13.2. The zero-order valence-corrected chi connectivity index (χ0v) is 20.9. The molecule has 9 heteroatoms. The van der Waals surface area contributed by atoms with Crippen LogP contribution in [0, 0.1) is 5.82 Å². The Labute approximate surface area is 209 Å². The molecule has 1 saturated heterocycles. The number of nitrogens with zero attached hydrogens (tertiary/aromatic N) is 4. The lowest BCUT2D eigenvalue weighted by molar-refractivity contribution is -0.115. The van der Waals surface area contributed by atoms with Crippen LogP contribution in [-0.4, -0.2) is 50.2 Å². The van der Waals surface area contributed by atoms with Crippen LogP contribution in [0.3, 0.4) is 0 Å². The van der Waals surface area contributed by atoms with E-state index in [1.54, 1.807) is 43.3 Å². The summed E-state index contributed by atoms with van der Waals surface area (Å²) in [5, 5.41) is 12.3. The fraction of sp³-hybridized carbons (Fsp3) is 0.385. The standard InChI is InChI=1S/C26H30FN5O2S/c1-3-24(34)28-21-11-7-19(8-12-21)23(33)17-35-26-30-29-25(18(2)31-15-5-4-6-16-31)32(26)22-13-9-20(27)10-14-22/h7-14,18H,3-6,15-17H2,1-2H3,(H,28,34). The van der Waals surface area contributed by atoms with Crippen LogP contribution in [-0.2, 0) is 4.79 Å². The molecule has 184 valence electrons. The Balaban J connectivity index is 1.53. The van der Waals surface area contributed by atoms with Gasteiger partial charge in [-0.25, -0.2) is 4.39 Å². The minimum absolute atomic E-state index is 0.0452. The molecule has 0 aliphatic carbocycles. The van der Waals surface area contributed by atoms with E-state index in [1.165, 1.54) is 30.3 Å². The molecule has 4 rings (SSSR count). The lowest BCUT2D eigenvalue weighted by atomic mass is 10.1. The molecule has 1 aliphatic rings. The Hall–Kier alpha value is -3.04. The summed E-state index contributed by atoms with van der Waals surface area (Å²) in [5.74, 6) is 0.523. The molecule has 1 unspecified atom stereocenters. The third kappa shape index (κ3) is 6.15. The van der Waals surface area contributed by atoms with Gasteiger partial charge in [0.05, 0.1) is 11.8 Å². The molecule has 0 spiro atoms. The number of hydrogen-bond acceptors (Lipinski definition) is 6. The van der Waals surface area contributed by atoms with Crippen LogP contribution < -0.4 is 5.32 Å². The number of anilines is 1. The molecule has 1 aromatic heterocycles. The number of carbonyl (C=O) groups excluding carboxylic acids is 2. The molecule has 1 aliphatic heterocycles. The molecule has 2 aromatic carbocycles. The van der Waals surface area contributed by atoms with E-state index in [1.807, 2.05) is 4.57 Å². The van der Waals surface area contributed by atoms with E-state index < -0.39 is 0 Å². The fourth-order valence-electron chi connectivity index (χ4n) is 4.15. The lowest BCUT2D eigenvalue weighted by Gasteiger charge is -2.31. The van der Waals surface area contributed by atoms with Crippen LogP contribution in [0.2, 0.25) is 0 Å². The largest absolute Gasteiger partial charge is 0.326 e. The first kappa shape index (κ1) is 25.1. The summed E-state index contributed by atoms with van der Waals surface area (Å²) in [6.45, 7) is 5.92. The molecule has 1 amide bonds. The Morgan fingerprint density at radius 2 is 1.71 bits per heavy atom. The van der Waals surface area contributed by atoms with Crippen LogP contribution in [0.4, 0.5) is 10.1 Å². The molecule has 7 nitrogen and oxygen atoms in total. The van der Waals surface area contributed by atoms with Gasteiger partial charge in [-0.3, -0.25) is 19.1 Å². The third-order valence-electron chi connectivity index (χ3n) is 6.20. The van der Waals surface area contributed by atoms with Gasteiger partial charge in [-0.05, 0) is 81.4 Å². The summed E-state index contributed by atoms with van der Waals surface area (Å²) in [6.07, 6.45) is 3.95. The Morgan fingerprint density at radius 3 is 2.37 bits per heavy atom. The van der Waals surface area contributed by atoms with Crippen molar-refractivity contribution in [2.45, 2.75) is 50.7 Å². The number of thioether (sulfide) groups is 1. The maximum Gasteiger partial charge on any atom is 0.224 e. The first-order valence-electron chi connectivity index (χ1n) is 12.0. The van der Waals surface area contributed by atoms with Crippen molar-refractivity contribution in [2.75, 3.05) is 24.2 Å². The molecule has 1 N–H and O–H groups in total. The van der Waals surface area contributed by atoms with Crippen molar-refractivity contribution in [3.05, 3.63) is 65.7 Å². The number of aromatic nitrogens is 3. The van der Waals surface area contributed by atoms with Gasteiger partial charge in [-0.1, -0.05) is 25.1 Å². The second-order valence-corrected chi connectivity index (χ2v) is 9.56. The summed E-state index contributed by atoms with van der Waals surface area (Å²) >= 11 is 1.31. The quantitative estimate of drug-likeness (QED) is 0.322. The normalized spacial score (nSPS) is 15.1. The van der Waals surface area contributed by atoms with Gasteiger partial charge in [-0.15, -0.1) is 10.2 Å². The van der Waals surface area contributed by atoms with Gasteiger partial charge in [0.1, 0.15) is 5.82 Å². The third-order valence-corrected chi connectivity index (χ3v) is 7.13. The number of nitrogens with one attached hydrogen (secondary N) is 1. The smallest absolute Gasteiger partial charge is 0.224 e. The number of Topliss-reactive ketones (excluding diaryl/α,β-unsaturated/α-hetero) is 1. The van der Waals surface area contributed by atoms with Gasteiger partial charge in [0.25, 0.3) is 0 Å². The van der Waals surface area contributed by atoms with E-state index in [4.69, 9.17) is 0 Å². The second-order valence-electron chi connectivity index (χ2n) is 8.62. The van der Waals surface area contributed by atoms with Crippen molar-refractivity contribution in [2.24, 2.45) is 0 Å². The number of carbonyl (C=O) groups is 2. The van der Waals surface area contributed by atoms with Crippen LogP contribution in [0.15, 0.2) is 53.7 Å². The molecule has 1 atom stereocenters. The number of likely N-dealkylation sites (tertiary alicyclic amines) is 1. The number of hydrogen-bond donors (Lipinski definition) is 1. The first-order chi connectivity index (χ1) is 17.0. The topological polar surface area (TPSA) is 80.1 Å². The maximum absolute atomic E-state index is 13.6. The van der Waals surface area contributed by atoms with Gasteiger partial charge in [0.2, 0.25) is 5.91 Å². The monoisotopic (exact) mass is 495 g/mol. The van der Waals surface area contributed by atoms with E-state index in [9.17, 15) is 14.0 Å². The summed E-state index contributed by atoms with van der Waals surface area (Å²) < 4.78 is 15.5. The molecule has 1 fully saturated rings. The SMILES string of the molecule is CCC(=O)Nc1ccc(C(=O)CSc2nnc(C(C)N3CCCCC3)n2-c2ccc(F)cc2)cc1. The molecule has 3 aromatic rings. The Morgan fingerprint density at radius 1 is 1.03 bits per heavy atom. The highest BCUT2D eigenvalue weighted by molar-refractivity contribution is 7.99. The highest BCUT2D eigenvalue weighted by Gasteiger charge is 2.26. The van der Waals surface area contributed by atoms with Gasteiger partial charge in [-0.2, -0.15) is 0 Å². The average Bonchev–Trinajstić information content (AvgIpc) is 3.32. The minimum atomic E-state index is -0.310. The fourth-order valence-corrected chi connectivity index (χ4v) is 5.00. The summed E-state index contributed by atoms with van der Waals surface area (Å²) in [5.41, 5.74) is 1.98. The van der Waals surface area contributed by atoms with Crippen LogP contribution in [0.5, 0.6) is 0 Å². The van der Waals surface area contributed by atoms with E-state index in [0.29, 0.717) is 22.8 Å². The highest BCUT2D eigenvalue weighted by atomic mass is 32.2. The van der Waals surface area contributed by atoms with Crippen LogP contribution >= 0.6 is 11.8 Å². The predicted molar refractivity (Wildman–Crippen MR) is 136 cm³/mol. The number of halogens is 1. The molecule has 35 heavy (non-hydrogen) atoms. The summed E-state index contributed by atoms with van der Waals surface area (Å²) in [7, 11) is 0. The van der Waals surface area contributed by atoms with E-state index in [2.05, 4.69) is 27.3 Å². The molecule has 0 radical (unpaired) electrons. The average molecular weight is 496 g/mol. The minimum Gasteiger partial charge on any atom is -0.326 e. The van der Waals surface area contributed by atoms with Crippen molar-refractivity contribution in [1.29, 1.82) is 0 Å².